The molecule has 1 aliphatic heterocycles. The Hall–Kier alpha value is -0.760. The van der Waals surface area contributed by atoms with Crippen molar-refractivity contribution in [1.82, 2.24) is 9.88 Å². The SMILES string of the molecule is Cl.NCCN1CCN(c2ncc(C(F)(F)F)cc2Cl)CC1. The molecule has 21 heavy (non-hydrogen) atoms. The summed E-state index contributed by atoms with van der Waals surface area (Å²) >= 11 is 5.93. The number of aromatic nitrogens is 1. The highest BCUT2D eigenvalue weighted by atomic mass is 35.5. The molecule has 0 bridgehead atoms. The average molecular weight is 345 g/mol. The Morgan fingerprint density at radius 3 is 2.33 bits per heavy atom. The molecular weight excluding hydrogens is 328 g/mol. The molecule has 0 atom stereocenters. The second kappa shape index (κ2) is 7.49. The summed E-state index contributed by atoms with van der Waals surface area (Å²) in [5.41, 5.74) is 4.67. The summed E-state index contributed by atoms with van der Waals surface area (Å²) in [6, 6.07) is 0.927. The van der Waals surface area contributed by atoms with E-state index in [0.717, 1.165) is 31.9 Å². The summed E-state index contributed by atoms with van der Waals surface area (Å²) in [5, 5.41) is 0.0344. The van der Waals surface area contributed by atoms with E-state index in [2.05, 4.69) is 9.88 Å². The molecule has 2 heterocycles. The minimum atomic E-state index is -4.42. The fourth-order valence-electron chi connectivity index (χ4n) is 2.18. The third-order valence-corrected chi connectivity index (χ3v) is 3.54. The van der Waals surface area contributed by atoms with Gasteiger partial charge in [0.15, 0.2) is 0 Å². The predicted molar refractivity (Wildman–Crippen MR) is 79.2 cm³/mol. The van der Waals surface area contributed by atoms with Gasteiger partial charge in [0.2, 0.25) is 0 Å². The summed E-state index contributed by atoms with van der Waals surface area (Å²) in [6.07, 6.45) is -3.59. The van der Waals surface area contributed by atoms with Crippen LogP contribution in [-0.4, -0.2) is 49.2 Å². The second-order valence-electron chi connectivity index (χ2n) is 4.64. The molecule has 0 spiro atoms. The number of nitrogens with two attached hydrogens (primary N) is 1. The van der Waals surface area contributed by atoms with Crippen molar-refractivity contribution in [2.24, 2.45) is 5.73 Å². The second-order valence-corrected chi connectivity index (χ2v) is 5.05. The van der Waals surface area contributed by atoms with Crippen LogP contribution in [0.2, 0.25) is 5.02 Å². The molecule has 0 aliphatic carbocycles. The maximum Gasteiger partial charge on any atom is 0.417 e. The molecule has 1 aromatic heterocycles. The molecule has 1 saturated heterocycles. The maximum atomic E-state index is 12.5. The fourth-order valence-corrected chi connectivity index (χ4v) is 2.47. The van der Waals surface area contributed by atoms with E-state index >= 15 is 0 Å². The number of rotatable bonds is 3. The largest absolute Gasteiger partial charge is 0.417 e. The number of hydrogen-bond donors (Lipinski definition) is 1. The molecule has 1 aromatic rings. The van der Waals surface area contributed by atoms with E-state index in [1.807, 2.05) is 4.90 Å². The van der Waals surface area contributed by atoms with E-state index in [0.29, 0.717) is 25.5 Å². The topological polar surface area (TPSA) is 45.4 Å². The average Bonchev–Trinajstić information content (AvgIpc) is 2.39. The first-order chi connectivity index (χ1) is 9.41. The summed E-state index contributed by atoms with van der Waals surface area (Å²) in [5.74, 6) is 0.409. The lowest BCUT2D eigenvalue weighted by Crippen LogP contribution is -2.48. The first kappa shape index (κ1) is 18.3. The van der Waals surface area contributed by atoms with Gasteiger partial charge in [-0.3, -0.25) is 4.90 Å². The number of nitrogens with zero attached hydrogens (tertiary/aromatic N) is 3. The van der Waals surface area contributed by atoms with Crippen LogP contribution >= 0.6 is 24.0 Å². The smallest absolute Gasteiger partial charge is 0.353 e. The highest BCUT2D eigenvalue weighted by molar-refractivity contribution is 6.33. The Balaban J connectivity index is 0.00000220. The van der Waals surface area contributed by atoms with Crippen LogP contribution in [0.15, 0.2) is 12.3 Å². The van der Waals surface area contributed by atoms with Gasteiger partial charge in [-0.05, 0) is 6.07 Å². The number of piperazine rings is 1. The van der Waals surface area contributed by atoms with Crippen molar-refractivity contribution in [2.45, 2.75) is 6.18 Å². The third kappa shape index (κ3) is 4.60. The van der Waals surface area contributed by atoms with Crippen LogP contribution in [0.25, 0.3) is 0 Å². The molecule has 2 rings (SSSR count). The van der Waals surface area contributed by atoms with Gasteiger partial charge < -0.3 is 10.6 Å². The van der Waals surface area contributed by atoms with Crippen LogP contribution in [0.4, 0.5) is 19.0 Å². The van der Waals surface area contributed by atoms with Crippen molar-refractivity contribution < 1.29 is 13.2 Å². The van der Waals surface area contributed by atoms with Gasteiger partial charge in [-0.2, -0.15) is 13.2 Å². The van der Waals surface area contributed by atoms with Crippen molar-refractivity contribution in [1.29, 1.82) is 0 Å². The van der Waals surface area contributed by atoms with Crippen LogP contribution < -0.4 is 10.6 Å². The van der Waals surface area contributed by atoms with Crippen LogP contribution in [0.1, 0.15) is 5.56 Å². The van der Waals surface area contributed by atoms with Gasteiger partial charge in [-0.1, -0.05) is 11.6 Å². The Morgan fingerprint density at radius 1 is 1.24 bits per heavy atom. The number of hydrogen-bond acceptors (Lipinski definition) is 4. The quantitative estimate of drug-likeness (QED) is 0.913. The molecule has 0 aromatic carbocycles. The van der Waals surface area contributed by atoms with Gasteiger partial charge in [0.25, 0.3) is 0 Å². The van der Waals surface area contributed by atoms with Crippen molar-refractivity contribution >= 4 is 29.8 Å². The summed E-state index contributed by atoms with van der Waals surface area (Å²) in [4.78, 5) is 7.97. The molecular formula is C12H17Cl2F3N4. The molecule has 0 saturated carbocycles. The minimum Gasteiger partial charge on any atom is -0.353 e. The third-order valence-electron chi connectivity index (χ3n) is 3.27. The molecule has 1 fully saturated rings. The number of pyridine rings is 1. The first-order valence-corrected chi connectivity index (χ1v) is 6.69. The van der Waals surface area contributed by atoms with Gasteiger partial charge in [0.05, 0.1) is 10.6 Å². The van der Waals surface area contributed by atoms with Gasteiger partial charge in [0.1, 0.15) is 5.82 Å². The van der Waals surface area contributed by atoms with Gasteiger partial charge in [-0.25, -0.2) is 4.98 Å². The van der Waals surface area contributed by atoms with E-state index in [1.54, 1.807) is 0 Å². The lowest BCUT2D eigenvalue weighted by Gasteiger charge is -2.35. The van der Waals surface area contributed by atoms with Gasteiger partial charge >= 0.3 is 6.18 Å². The minimum absolute atomic E-state index is 0. The van der Waals surface area contributed by atoms with Crippen LogP contribution in [0.3, 0.4) is 0 Å². The standard InChI is InChI=1S/C12H16ClF3N4.ClH/c13-10-7-9(12(14,15)16)8-18-11(10)20-5-3-19(2-1-17)4-6-20;/h7-8H,1-6,17H2;1H. The molecule has 0 unspecified atom stereocenters. The predicted octanol–water partition coefficient (Wildman–Crippen LogP) is 2.26. The zero-order valence-electron chi connectivity index (χ0n) is 11.2. The number of halogens is 5. The molecule has 1 aliphatic rings. The Labute approximate surface area is 132 Å². The highest BCUT2D eigenvalue weighted by Crippen LogP contribution is 2.33. The van der Waals surface area contributed by atoms with Gasteiger partial charge in [0, 0.05) is 45.5 Å². The molecule has 120 valence electrons. The van der Waals surface area contributed by atoms with E-state index in [-0.39, 0.29) is 17.4 Å². The molecule has 2 N–H and O–H groups in total. The fraction of sp³-hybridized carbons (Fsp3) is 0.583. The molecule has 9 heteroatoms. The van der Waals surface area contributed by atoms with Crippen molar-refractivity contribution in [2.75, 3.05) is 44.2 Å². The lowest BCUT2D eigenvalue weighted by atomic mass is 10.2. The first-order valence-electron chi connectivity index (χ1n) is 6.32. The monoisotopic (exact) mass is 344 g/mol. The van der Waals surface area contributed by atoms with E-state index in [4.69, 9.17) is 17.3 Å². The van der Waals surface area contributed by atoms with E-state index in [1.165, 1.54) is 0 Å². The van der Waals surface area contributed by atoms with E-state index < -0.39 is 11.7 Å². The highest BCUT2D eigenvalue weighted by Gasteiger charge is 2.32. The summed E-state index contributed by atoms with van der Waals surface area (Å²) in [6.45, 7) is 4.38. The number of anilines is 1. The normalized spacial score (nSPS) is 16.7. The zero-order valence-corrected chi connectivity index (χ0v) is 12.8. The lowest BCUT2D eigenvalue weighted by molar-refractivity contribution is -0.137. The van der Waals surface area contributed by atoms with Gasteiger partial charge in [-0.15, -0.1) is 12.4 Å². The summed E-state index contributed by atoms with van der Waals surface area (Å²) < 4.78 is 37.6. The van der Waals surface area contributed by atoms with Crippen molar-refractivity contribution in [3.63, 3.8) is 0 Å². The van der Waals surface area contributed by atoms with Crippen molar-refractivity contribution in [3.8, 4) is 0 Å². The van der Waals surface area contributed by atoms with Crippen molar-refractivity contribution in [3.05, 3.63) is 22.8 Å². The molecule has 0 radical (unpaired) electrons. The Kier molecular flexibility index (Phi) is 6.52. The Bertz CT molecular complexity index is 462. The van der Waals surface area contributed by atoms with E-state index in [9.17, 15) is 13.2 Å². The summed E-state index contributed by atoms with van der Waals surface area (Å²) in [7, 11) is 0. The zero-order chi connectivity index (χ0) is 14.8. The molecule has 0 amide bonds. The maximum absolute atomic E-state index is 12.5. The van der Waals surface area contributed by atoms with Crippen LogP contribution in [0, 0.1) is 0 Å². The van der Waals surface area contributed by atoms with Crippen LogP contribution in [0.5, 0.6) is 0 Å². The number of alkyl halides is 3. The Morgan fingerprint density at radius 2 is 1.86 bits per heavy atom. The molecule has 4 nitrogen and oxygen atoms in total. The van der Waals surface area contributed by atoms with Crippen LogP contribution in [-0.2, 0) is 6.18 Å².